The first kappa shape index (κ1) is 13.9. The molecule has 1 fully saturated rings. The zero-order valence-electron chi connectivity index (χ0n) is 11.6. The van der Waals surface area contributed by atoms with E-state index in [9.17, 15) is 9.90 Å². The molecule has 1 aliphatic carbocycles. The number of amides is 1. The molecule has 0 atom stereocenters. The molecule has 1 amide bonds. The van der Waals surface area contributed by atoms with Gasteiger partial charge in [0.1, 0.15) is 0 Å². The predicted octanol–water partition coefficient (Wildman–Crippen LogP) is 2.07. The highest BCUT2D eigenvalue weighted by molar-refractivity contribution is 5.95. The first-order chi connectivity index (χ1) is 9.10. The average Bonchev–Trinajstić information content (AvgIpc) is 2.43. The van der Waals surface area contributed by atoms with Gasteiger partial charge in [-0.25, -0.2) is 0 Å². The number of hydrogen-bond donors (Lipinski definition) is 3. The Labute approximate surface area is 114 Å². The summed E-state index contributed by atoms with van der Waals surface area (Å²) >= 11 is 0. The van der Waals surface area contributed by atoms with Gasteiger partial charge in [0.25, 0.3) is 5.91 Å². The van der Waals surface area contributed by atoms with Crippen molar-refractivity contribution in [3.8, 4) is 0 Å². The van der Waals surface area contributed by atoms with Crippen molar-refractivity contribution in [3.63, 3.8) is 0 Å². The number of carbonyl (C=O) groups excluding carboxylic acids is 1. The Morgan fingerprint density at radius 2 is 1.95 bits per heavy atom. The van der Waals surface area contributed by atoms with Crippen LogP contribution in [0.3, 0.4) is 0 Å². The number of rotatable bonds is 3. The highest BCUT2D eigenvalue weighted by Gasteiger charge is 2.19. The Hall–Kier alpha value is -1.55. The SMILES string of the molecule is CNC(=O)c1ccc(C)c(NC2CCC(O)CC2)c1. The summed E-state index contributed by atoms with van der Waals surface area (Å²) in [7, 11) is 1.64. The minimum atomic E-state index is -0.142. The molecule has 1 aromatic rings. The molecule has 104 valence electrons. The molecule has 4 nitrogen and oxygen atoms in total. The van der Waals surface area contributed by atoms with E-state index in [1.165, 1.54) is 0 Å². The zero-order chi connectivity index (χ0) is 13.8. The largest absolute Gasteiger partial charge is 0.393 e. The van der Waals surface area contributed by atoms with Crippen LogP contribution in [0, 0.1) is 6.92 Å². The lowest BCUT2D eigenvalue weighted by Crippen LogP contribution is -2.28. The van der Waals surface area contributed by atoms with Crippen LogP contribution in [0.1, 0.15) is 41.6 Å². The molecule has 0 radical (unpaired) electrons. The van der Waals surface area contributed by atoms with Gasteiger partial charge in [-0.3, -0.25) is 4.79 Å². The van der Waals surface area contributed by atoms with Crippen LogP contribution < -0.4 is 10.6 Å². The van der Waals surface area contributed by atoms with Crippen molar-refractivity contribution in [1.29, 1.82) is 0 Å². The van der Waals surface area contributed by atoms with E-state index in [-0.39, 0.29) is 12.0 Å². The van der Waals surface area contributed by atoms with E-state index < -0.39 is 0 Å². The number of anilines is 1. The van der Waals surface area contributed by atoms with E-state index in [4.69, 9.17) is 0 Å². The van der Waals surface area contributed by atoms with Gasteiger partial charge in [-0.1, -0.05) is 6.07 Å². The number of hydrogen-bond acceptors (Lipinski definition) is 3. The van der Waals surface area contributed by atoms with Crippen LogP contribution in [-0.4, -0.2) is 30.2 Å². The van der Waals surface area contributed by atoms with Crippen molar-refractivity contribution < 1.29 is 9.90 Å². The van der Waals surface area contributed by atoms with Crippen molar-refractivity contribution in [3.05, 3.63) is 29.3 Å². The molecular formula is C15H22N2O2. The number of carbonyl (C=O) groups is 1. The Balaban J connectivity index is 2.08. The number of aryl methyl sites for hydroxylation is 1. The van der Waals surface area contributed by atoms with Crippen LogP contribution in [0.5, 0.6) is 0 Å². The smallest absolute Gasteiger partial charge is 0.251 e. The Morgan fingerprint density at radius 3 is 2.58 bits per heavy atom. The van der Waals surface area contributed by atoms with Crippen LogP contribution in [-0.2, 0) is 0 Å². The molecule has 1 aromatic carbocycles. The molecule has 4 heteroatoms. The normalized spacial score (nSPS) is 22.9. The molecule has 0 aliphatic heterocycles. The van der Waals surface area contributed by atoms with Gasteiger partial charge in [-0.05, 0) is 50.3 Å². The number of benzene rings is 1. The molecule has 1 aliphatic rings. The third-order valence-corrected chi connectivity index (χ3v) is 3.78. The summed E-state index contributed by atoms with van der Waals surface area (Å²) in [5.74, 6) is -0.0675. The molecular weight excluding hydrogens is 240 g/mol. The van der Waals surface area contributed by atoms with Gasteiger partial charge in [0.15, 0.2) is 0 Å². The third-order valence-electron chi connectivity index (χ3n) is 3.78. The topological polar surface area (TPSA) is 61.4 Å². The highest BCUT2D eigenvalue weighted by atomic mass is 16.3. The second-order valence-corrected chi connectivity index (χ2v) is 5.26. The van der Waals surface area contributed by atoms with E-state index >= 15 is 0 Å². The third kappa shape index (κ3) is 3.47. The summed E-state index contributed by atoms with van der Waals surface area (Å²) < 4.78 is 0. The summed E-state index contributed by atoms with van der Waals surface area (Å²) in [6, 6.07) is 6.09. The van der Waals surface area contributed by atoms with Crippen molar-refractivity contribution >= 4 is 11.6 Å². The van der Waals surface area contributed by atoms with E-state index in [2.05, 4.69) is 10.6 Å². The monoisotopic (exact) mass is 262 g/mol. The molecule has 3 N–H and O–H groups in total. The van der Waals surface area contributed by atoms with Crippen LogP contribution >= 0.6 is 0 Å². The van der Waals surface area contributed by atoms with E-state index in [1.54, 1.807) is 7.05 Å². The van der Waals surface area contributed by atoms with Gasteiger partial charge in [0.2, 0.25) is 0 Å². The minimum Gasteiger partial charge on any atom is -0.393 e. The van der Waals surface area contributed by atoms with Gasteiger partial charge >= 0.3 is 0 Å². The average molecular weight is 262 g/mol. The molecule has 0 heterocycles. The van der Waals surface area contributed by atoms with Crippen LogP contribution in [0.4, 0.5) is 5.69 Å². The first-order valence-electron chi connectivity index (χ1n) is 6.87. The molecule has 1 saturated carbocycles. The lowest BCUT2D eigenvalue weighted by atomic mass is 9.92. The first-order valence-corrected chi connectivity index (χ1v) is 6.87. The fraction of sp³-hybridized carbons (Fsp3) is 0.533. The predicted molar refractivity (Wildman–Crippen MR) is 76.5 cm³/mol. The molecule has 0 saturated heterocycles. The van der Waals surface area contributed by atoms with Crippen LogP contribution in [0.15, 0.2) is 18.2 Å². The fourth-order valence-corrected chi connectivity index (χ4v) is 2.50. The number of nitrogens with one attached hydrogen (secondary N) is 2. The maximum Gasteiger partial charge on any atom is 0.251 e. The van der Waals surface area contributed by atoms with Gasteiger partial charge in [-0.2, -0.15) is 0 Å². The van der Waals surface area contributed by atoms with Gasteiger partial charge in [0, 0.05) is 24.3 Å². The minimum absolute atomic E-state index is 0.0675. The number of aliphatic hydroxyl groups is 1. The molecule has 0 spiro atoms. The summed E-state index contributed by atoms with van der Waals surface area (Å²) in [4.78, 5) is 11.6. The highest BCUT2D eigenvalue weighted by Crippen LogP contribution is 2.24. The maximum absolute atomic E-state index is 11.6. The van der Waals surface area contributed by atoms with Crippen molar-refractivity contribution in [1.82, 2.24) is 5.32 Å². The van der Waals surface area contributed by atoms with Crippen LogP contribution in [0.25, 0.3) is 0 Å². The van der Waals surface area contributed by atoms with Crippen molar-refractivity contribution in [2.24, 2.45) is 0 Å². The second-order valence-electron chi connectivity index (χ2n) is 5.26. The maximum atomic E-state index is 11.6. The Morgan fingerprint density at radius 1 is 1.26 bits per heavy atom. The van der Waals surface area contributed by atoms with Gasteiger partial charge in [0.05, 0.1) is 6.10 Å². The molecule has 19 heavy (non-hydrogen) atoms. The molecule has 0 bridgehead atoms. The van der Waals surface area contributed by atoms with E-state index in [0.717, 1.165) is 36.9 Å². The lowest BCUT2D eigenvalue weighted by Gasteiger charge is -2.27. The number of aliphatic hydroxyl groups excluding tert-OH is 1. The lowest BCUT2D eigenvalue weighted by molar-refractivity contribution is 0.0963. The second kappa shape index (κ2) is 6.06. The molecule has 0 unspecified atom stereocenters. The summed E-state index contributed by atoms with van der Waals surface area (Å²) in [6.45, 7) is 2.04. The van der Waals surface area contributed by atoms with Crippen molar-refractivity contribution in [2.45, 2.75) is 44.8 Å². The zero-order valence-corrected chi connectivity index (χ0v) is 11.6. The van der Waals surface area contributed by atoms with Crippen molar-refractivity contribution in [2.75, 3.05) is 12.4 Å². The summed E-state index contributed by atoms with van der Waals surface area (Å²) in [5, 5.41) is 15.7. The van der Waals surface area contributed by atoms with Crippen LogP contribution in [0.2, 0.25) is 0 Å². The Kier molecular flexibility index (Phi) is 4.43. The van der Waals surface area contributed by atoms with Gasteiger partial charge < -0.3 is 15.7 Å². The van der Waals surface area contributed by atoms with E-state index in [0.29, 0.717) is 11.6 Å². The van der Waals surface area contributed by atoms with Gasteiger partial charge in [-0.15, -0.1) is 0 Å². The molecule has 0 aromatic heterocycles. The quantitative estimate of drug-likeness (QED) is 0.781. The summed E-state index contributed by atoms with van der Waals surface area (Å²) in [6.07, 6.45) is 3.52. The summed E-state index contributed by atoms with van der Waals surface area (Å²) in [5.41, 5.74) is 2.83. The Bertz CT molecular complexity index is 451. The fourth-order valence-electron chi connectivity index (χ4n) is 2.50. The standard InChI is InChI=1S/C15H22N2O2/c1-10-3-4-11(15(19)16-2)9-14(10)17-12-5-7-13(18)8-6-12/h3-4,9,12-13,17-18H,5-8H2,1-2H3,(H,16,19). The van der Waals surface area contributed by atoms with E-state index in [1.807, 2.05) is 25.1 Å². The molecule has 2 rings (SSSR count).